The molecule has 2 aromatic carbocycles. The van der Waals surface area contributed by atoms with Crippen LogP contribution < -0.4 is 23.9 Å². The molecule has 5 nitrogen and oxygen atoms in total. The molecule has 29 heavy (non-hydrogen) atoms. The third-order valence-corrected chi connectivity index (χ3v) is 4.82. The molecule has 0 fully saturated rings. The normalized spacial score (nSPS) is 12.8. The van der Waals surface area contributed by atoms with Crippen LogP contribution in [0.5, 0.6) is 23.0 Å². The van der Waals surface area contributed by atoms with E-state index in [1.807, 2.05) is 33.8 Å². The largest absolute Gasteiger partial charge is 0.490 e. The highest BCUT2D eigenvalue weighted by atomic mass is 16.5. The van der Waals surface area contributed by atoms with Crippen LogP contribution in [0.2, 0.25) is 0 Å². The van der Waals surface area contributed by atoms with Crippen molar-refractivity contribution in [3.05, 3.63) is 47.0 Å². The highest BCUT2D eigenvalue weighted by Gasteiger charge is 2.24. The molecule has 0 bridgehead atoms. The van der Waals surface area contributed by atoms with E-state index in [9.17, 15) is 0 Å². The molecule has 0 radical (unpaired) electrons. The van der Waals surface area contributed by atoms with Gasteiger partial charge in [-0.25, -0.2) is 4.99 Å². The molecule has 0 unspecified atom stereocenters. The van der Waals surface area contributed by atoms with Gasteiger partial charge in [0, 0.05) is 12.0 Å². The van der Waals surface area contributed by atoms with Gasteiger partial charge < -0.3 is 18.9 Å². The van der Waals surface area contributed by atoms with E-state index in [4.69, 9.17) is 18.9 Å². The number of nitrogens with one attached hydrogen (secondary N) is 1. The summed E-state index contributed by atoms with van der Waals surface area (Å²) in [6.45, 7) is 11.3. The first kappa shape index (κ1) is 21.0. The Labute approximate surface area is 173 Å². The van der Waals surface area contributed by atoms with Crippen molar-refractivity contribution in [1.82, 2.24) is 0 Å². The van der Waals surface area contributed by atoms with E-state index in [-0.39, 0.29) is 0 Å². The summed E-state index contributed by atoms with van der Waals surface area (Å²) in [5.41, 5.74) is 4.87. The first-order valence-corrected chi connectivity index (χ1v) is 10.6. The Morgan fingerprint density at radius 1 is 0.724 bits per heavy atom. The van der Waals surface area contributed by atoms with E-state index >= 15 is 0 Å². The quantitative estimate of drug-likeness (QED) is 0.669. The van der Waals surface area contributed by atoms with Crippen LogP contribution in [0.4, 0.5) is 0 Å². The number of benzene rings is 2. The Morgan fingerprint density at radius 3 is 1.97 bits per heavy atom. The molecule has 0 saturated carbocycles. The zero-order valence-electron chi connectivity index (χ0n) is 18.0. The molecule has 0 aliphatic carbocycles. The van der Waals surface area contributed by atoms with Crippen molar-refractivity contribution in [1.29, 1.82) is 0 Å². The van der Waals surface area contributed by atoms with Gasteiger partial charge in [-0.2, -0.15) is 0 Å². The summed E-state index contributed by atoms with van der Waals surface area (Å²) in [5.74, 6) is 3.22. The first-order chi connectivity index (χ1) is 14.2. The molecule has 156 valence electrons. The first-order valence-electron chi connectivity index (χ1n) is 10.6. The lowest BCUT2D eigenvalue weighted by Gasteiger charge is -2.18. The standard InChI is InChI=1S/C24H31NO4/c1-5-26-21-10-9-17(14-22(21)27-6-2)13-20-19-16-24(29-8-4)23(28-7-3)15-18(19)11-12-25-20/h9-10,14-16H,5-8,11-13H2,1-4H3/p+1. The summed E-state index contributed by atoms with van der Waals surface area (Å²) < 4.78 is 23.1. The van der Waals surface area contributed by atoms with Crippen molar-refractivity contribution in [2.75, 3.05) is 33.0 Å². The number of fused-ring (bicyclic) bond motifs is 1. The predicted octanol–water partition coefficient (Wildman–Crippen LogP) is 2.95. The average molecular weight is 399 g/mol. The molecule has 1 heterocycles. The van der Waals surface area contributed by atoms with Crippen molar-refractivity contribution in [3.63, 3.8) is 0 Å². The van der Waals surface area contributed by atoms with Crippen LogP contribution in [0.25, 0.3) is 0 Å². The van der Waals surface area contributed by atoms with Crippen molar-refractivity contribution in [2.45, 2.75) is 40.5 Å². The fraction of sp³-hybridized carbons (Fsp3) is 0.458. The Morgan fingerprint density at radius 2 is 1.31 bits per heavy atom. The summed E-state index contributed by atoms with van der Waals surface area (Å²) >= 11 is 0. The second-order valence-electron chi connectivity index (χ2n) is 6.80. The molecule has 0 amide bonds. The van der Waals surface area contributed by atoms with Gasteiger partial charge in [-0.3, -0.25) is 0 Å². The second-order valence-corrected chi connectivity index (χ2v) is 6.80. The van der Waals surface area contributed by atoms with E-state index in [1.54, 1.807) is 0 Å². The lowest BCUT2D eigenvalue weighted by molar-refractivity contribution is -0.458. The van der Waals surface area contributed by atoms with Gasteiger partial charge in [-0.15, -0.1) is 0 Å². The van der Waals surface area contributed by atoms with Crippen molar-refractivity contribution < 1.29 is 23.9 Å². The molecular formula is C24H32NO4+. The van der Waals surface area contributed by atoms with E-state index in [0.29, 0.717) is 26.4 Å². The predicted molar refractivity (Wildman–Crippen MR) is 115 cm³/mol. The van der Waals surface area contributed by atoms with Crippen LogP contribution >= 0.6 is 0 Å². The molecule has 0 atom stereocenters. The van der Waals surface area contributed by atoms with Crippen LogP contribution in [0.15, 0.2) is 30.3 Å². The monoisotopic (exact) mass is 398 g/mol. The summed E-state index contributed by atoms with van der Waals surface area (Å²) in [6.07, 6.45) is 1.76. The van der Waals surface area contributed by atoms with Gasteiger partial charge in [-0.05, 0) is 63.1 Å². The summed E-state index contributed by atoms with van der Waals surface area (Å²) in [7, 11) is 0. The third kappa shape index (κ3) is 5.03. The minimum atomic E-state index is 0.609. The molecule has 1 aliphatic rings. The van der Waals surface area contributed by atoms with Gasteiger partial charge in [0.15, 0.2) is 28.7 Å². The number of rotatable bonds is 10. The molecule has 5 heteroatoms. The lowest BCUT2D eigenvalue weighted by atomic mass is 9.93. The van der Waals surface area contributed by atoms with E-state index in [2.05, 4.69) is 29.3 Å². The molecular weight excluding hydrogens is 366 g/mol. The van der Waals surface area contributed by atoms with Crippen LogP contribution in [-0.4, -0.2) is 38.7 Å². The van der Waals surface area contributed by atoms with E-state index < -0.39 is 0 Å². The summed E-state index contributed by atoms with van der Waals surface area (Å²) in [4.78, 5) is 3.58. The zero-order chi connectivity index (χ0) is 20.6. The van der Waals surface area contributed by atoms with Gasteiger partial charge in [0.25, 0.3) is 0 Å². The maximum Gasteiger partial charge on any atom is 0.186 e. The maximum absolute atomic E-state index is 5.85. The third-order valence-electron chi connectivity index (χ3n) is 4.82. The Hall–Kier alpha value is -2.69. The zero-order valence-corrected chi connectivity index (χ0v) is 18.0. The average Bonchev–Trinajstić information content (AvgIpc) is 2.71. The minimum absolute atomic E-state index is 0.609. The SMILES string of the molecule is CCOc1ccc(CC2=[NH+]CCc3cc(OCC)c(OCC)cc32)cc1OCC. The van der Waals surface area contributed by atoms with Gasteiger partial charge in [0.2, 0.25) is 0 Å². The Balaban J connectivity index is 1.90. The van der Waals surface area contributed by atoms with Crippen LogP contribution in [0.1, 0.15) is 44.4 Å². The minimum Gasteiger partial charge on any atom is -0.490 e. The van der Waals surface area contributed by atoms with Gasteiger partial charge in [0.1, 0.15) is 6.54 Å². The van der Waals surface area contributed by atoms with E-state index in [0.717, 1.165) is 42.4 Å². The molecule has 3 rings (SSSR count). The van der Waals surface area contributed by atoms with Gasteiger partial charge in [-0.1, -0.05) is 6.07 Å². The van der Waals surface area contributed by atoms with Crippen LogP contribution in [0.3, 0.4) is 0 Å². The second kappa shape index (κ2) is 10.2. The smallest absolute Gasteiger partial charge is 0.186 e. The van der Waals surface area contributed by atoms with Crippen molar-refractivity contribution in [3.8, 4) is 23.0 Å². The maximum atomic E-state index is 5.85. The summed E-state index contributed by atoms with van der Waals surface area (Å²) in [5, 5.41) is 0. The van der Waals surface area contributed by atoms with Crippen LogP contribution in [-0.2, 0) is 12.8 Å². The summed E-state index contributed by atoms with van der Waals surface area (Å²) in [6, 6.07) is 10.4. The topological polar surface area (TPSA) is 50.9 Å². The number of hydrogen-bond acceptors (Lipinski definition) is 4. The Kier molecular flexibility index (Phi) is 7.39. The molecule has 0 aromatic heterocycles. The highest BCUT2D eigenvalue weighted by molar-refractivity contribution is 6.00. The fourth-order valence-corrected chi connectivity index (χ4v) is 3.64. The molecule has 0 saturated heterocycles. The van der Waals surface area contributed by atoms with Crippen LogP contribution in [0, 0.1) is 0 Å². The fourth-order valence-electron chi connectivity index (χ4n) is 3.64. The van der Waals surface area contributed by atoms with E-state index in [1.165, 1.54) is 22.4 Å². The number of hydrogen-bond donors (Lipinski definition) is 1. The molecule has 1 aliphatic heterocycles. The highest BCUT2D eigenvalue weighted by Crippen LogP contribution is 2.33. The lowest BCUT2D eigenvalue weighted by Crippen LogP contribution is -2.76. The molecule has 0 spiro atoms. The molecule has 1 N–H and O–H groups in total. The molecule has 2 aromatic rings. The van der Waals surface area contributed by atoms with Crippen molar-refractivity contribution in [2.24, 2.45) is 0 Å². The van der Waals surface area contributed by atoms with Gasteiger partial charge in [0.05, 0.1) is 32.8 Å². The Bertz CT molecular complexity index is 860. The number of ether oxygens (including phenoxy) is 4. The van der Waals surface area contributed by atoms with Crippen molar-refractivity contribution >= 4 is 5.71 Å². The van der Waals surface area contributed by atoms with Gasteiger partial charge >= 0.3 is 0 Å².